The minimum Gasteiger partial charge on any atom is -0.324 e. The van der Waals surface area contributed by atoms with E-state index in [0.29, 0.717) is 36.5 Å². The van der Waals surface area contributed by atoms with Crippen molar-refractivity contribution in [2.45, 2.75) is 24.7 Å². The molecule has 4 rings (SSSR count). The number of anilines is 1. The lowest BCUT2D eigenvalue weighted by Crippen LogP contribution is -2.43. The van der Waals surface area contributed by atoms with E-state index in [1.54, 1.807) is 60.1 Å². The summed E-state index contributed by atoms with van der Waals surface area (Å²) < 4.78 is 28.7. The highest BCUT2D eigenvalue weighted by molar-refractivity contribution is 7.89. The molecule has 0 saturated carbocycles. The molecule has 3 aromatic rings. The zero-order valence-corrected chi connectivity index (χ0v) is 16.3. The van der Waals surface area contributed by atoms with Crippen LogP contribution in [0.3, 0.4) is 0 Å². The van der Waals surface area contributed by atoms with Crippen LogP contribution in [0.2, 0.25) is 0 Å². The molecule has 8 nitrogen and oxygen atoms in total. The number of amides is 1. The molecule has 9 heteroatoms. The first kappa shape index (κ1) is 18.6. The minimum atomic E-state index is -3.60. The van der Waals surface area contributed by atoms with Gasteiger partial charge in [0, 0.05) is 13.1 Å². The average Bonchev–Trinajstić information content (AvgIpc) is 3.08. The van der Waals surface area contributed by atoms with Crippen molar-refractivity contribution in [3.8, 4) is 0 Å². The monoisotopic (exact) mass is 399 g/mol. The Labute approximate surface area is 163 Å². The Bertz CT molecular complexity index is 1110. The Hall–Kier alpha value is -2.78. The number of rotatable bonds is 4. The van der Waals surface area contributed by atoms with Crippen LogP contribution in [-0.2, 0) is 14.8 Å². The number of benzene rings is 1. The summed E-state index contributed by atoms with van der Waals surface area (Å²) in [5.74, 6) is 0.0575. The van der Waals surface area contributed by atoms with Crippen molar-refractivity contribution in [2.75, 3.05) is 18.4 Å². The van der Waals surface area contributed by atoms with Crippen LogP contribution in [0.15, 0.2) is 53.6 Å². The third-order valence-electron chi connectivity index (χ3n) is 4.84. The number of hydrogen-bond acceptors (Lipinski definition) is 5. The summed E-state index contributed by atoms with van der Waals surface area (Å²) in [5.41, 5.74) is 1.30. The van der Waals surface area contributed by atoms with Crippen LogP contribution in [0.4, 0.5) is 5.69 Å². The summed E-state index contributed by atoms with van der Waals surface area (Å²) in [7, 11) is -3.60. The number of nitrogens with zero attached hydrogens (tertiary/aromatic N) is 4. The van der Waals surface area contributed by atoms with Crippen molar-refractivity contribution in [1.82, 2.24) is 18.9 Å². The Kier molecular flexibility index (Phi) is 4.86. The second kappa shape index (κ2) is 7.33. The maximum absolute atomic E-state index is 12.8. The second-order valence-electron chi connectivity index (χ2n) is 6.88. The quantitative estimate of drug-likeness (QED) is 0.724. The number of pyridine rings is 1. The standard InChI is InChI=1S/C19H21N5O3S/c1-14-20-18-10-9-16(13-24(18)22-14)21-19(25)15-6-5-11-23(12-15)28(26,27)17-7-3-2-4-8-17/h2-4,7-10,13,15H,5-6,11-12H2,1H3,(H,21,25). The van der Waals surface area contributed by atoms with Crippen molar-refractivity contribution in [2.24, 2.45) is 5.92 Å². The number of hydrogen-bond donors (Lipinski definition) is 1. The van der Waals surface area contributed by atoms with Crippen molar-refractivity contribution in [3.63, 3.8) is 0 Å². The Morgan fingerprint density at radius 2 is 1.96 bits per heavy atom. The van der Waals surface area contributed by atoms with E-state index in [1.807, 2.05) is 0 Å². The van der Waals surface area contributed by atoms with Crippen LogP contribution in [0.25, 0.3) is 5.65 Å². The molecule has 0 radical (unpaired) electrons. The fraction of sp³-hybridized carbons (Fsp3) is 0.316. The van der Waals surface area contributed by atoms with Crippen LogP contribution in [0, 0.1) is 12.8 Å². The van der Waals surface area contributed by atoms with Gasteiger partial charge in [-0.1, -0.05) is 18.2 Å². The molecule has 0 bridgehead atoms. The van der Waals surface area contributed by atoms with Gasteiger partial charge in [-0.3, -0.25) is 4.79 Å². The lowest BCUT2D eigenvalue weighted by molar-refractivity contribution is -0.120. The normalized spacial score (nSPS) is 18.2. The third kappa shape index (κ3) is 3.63. The Morgan fingerprint density at radius 3 is 2.75 bits per heavy atom. The molecule has 3 heterocycles. The summed E-state index contributed by atoms with van der Waals surface area (Å²) in [6.07, 6.45) is 3.00. The summed E-state index contributed by atoms with van der Waals surface area (Å²) in [4.78, 5) is 17.2. The lowest BCUT2D eigenvalue weighted by atomic mass is 9.99. The highest BCUT2D eigenvalue weighted by Gasteiger charge is 2.33. The molecule has 1 amide bonds. The molecule has 28 heavy (non-hydrogen) atoms. The third-order valence-corrected chi connectivity index (χ3v) is 6.72. The molecule has 1 N–H and O–H groups in total. The van der Waals surface area contributed by atoms with Crippen LogP contribution < -0.4 is 5.32 Å². The van der Waals surface area contributed by atoms with Gasteiger partial charge in [0.2, 0.25) is 15.9 Å². The number of sulfonamides is 1. The van der Waals surface area contributed by atoms with Crippen LogP contribution >= 0.6 is 0 Å². The molecule has 1 saturated heterocycles. The number of piperidine rings is 1. The number of nitrogens with one attached hydrogen (secondary N) is 1. The van der Waals surface area contributed by atoms with Crippen molar-refractivity contribution in [3.05, 3.63) is 54.5 Å². The first-order valence-electron chi connectivity index (χ1n) is 9.12. The minimum absolute atomic E-state index is 0.174. The highest BCUT2D eigenvalue weighted by atomic mass is 32.2. The molecule has 1 aromatic carbocycles. The predicted molar refractivity (Wildman–Crippen MR) is 104 cm³/mol. The van der Waals surface area contributed by atoms with Crippen LogP contribution in [0.1, 0.15) is 18.7 Å². The zero-order chi connectivity index (χ0) is 19.7. The summed E-state index contributed by atoms with van der Waals surface area (Å²) >= 11 is 0. The van der Waals surface area contributed by atoms with Gasteiger partial charge in [-0.05, 0) is 44.0 Å². The second-order valence-corrected chi connectivity index (χ2v) is 8.82. The first-order chi connectivity index (χ1) is 13.4. The van der Waals surface area contributed by atoms with E-state index in [1.165, 1.54) is 4.31 Å². The van der Waals surface area contributed by atoms with Gasteiger partial charge in [-0.2, -0.15) is 9.40 Å². The first-order valence-corrected chi connectivity index (χ1v) is 10.6. The van der Waals surface area contributed by atoms with E-state index < -0.39 is 15.9 Å². The molecule has 0 spiro atoms. The number of fused-ring (bicyclic) bond motifs is 1. The predicted octanol–water partition coefficient (Wildman–Crippen LogP) is 2.08. The topological polar surface area (TPSA) is 96.7 Å². The van der Waals surface area contributed by atoms with Crippen LogP contribution in [0.5, 0.6) is 0 Å². The molecule has 1 unspecified atom stereocenters. The molecular weight excluding hydrogens is 378 g/mol. The number of carbonyl (C=O) groups is 1. The van der Waals surface area contributed by atoms with E-state index >= 15 is 0 Å². The fourth-order valence-corrected chi connectivity index (χ4v) is 4.97. The van der Waals surface area contributed by atoms with E-state index in [9.17, 15) is 13.2 Å². The molecule has 0 aliphatic carbocycles. The Morgan fingerprint density at radius 1 is 1.18 bits per heavy atom. The van der Waals surface area contributed by atoms with E-state index in [0.717, 1.165) is 0 Å². The number of carbonyl (C=O) groups excluding carboxylic acids is 1. The molecule has 1 fully saturated rings. The highest BCUT2D eigenvalue weighted by Crippen LogP contribution is 2.24. The van der Waals surface area contributed by atoms with Gasteiger partial charge >= 0.3 is 0 Å². The summed E-state index contributed by atoms with van der Waals surface area (Å²) in [6, 6.07) is 11.9. The molecule has 2 aromatic heterocycles. The molecular formula is C19H21N5O3S. The van der Waals surface area contributed by atoms with Crippen molar-refractivity contribution >= 4 is 27.3 Å². The largest absolute Gasteiger partial charge is 0.324 e. The van der Waals surface area contributed by atoms with Crippen LogP contribution in [-0.4, -0.2) is 46.3 Å². The Balaban J connectivity index is 1.48. The van der Waals surface area contributed by atoms with Crippen molar-refractivity contribution < 1.29 is 13.2 Å². The molecule has 1 atom stereocenters. The number of aryl methyl sites for hydroxylation is 1. The maximum Gasteiger partial charge on any atom is 0.243 e. The SMILES string of the molecule is Cc1nc2ccc(NC(=O)C3CCCN(S(=O)(=O)c4ccccc4)C3)cn2n1. The van der Waals surface area contributed by atoms with E-state index in [-0.39, 0.29) is 17.3 Å². The molecule has 1 aliphatic heterocycles. The smallest absolute Gasteiger partial charge is 0.243 e. The fourth-order valence-electron chi connectivity index (χ4n) is 3.43. The van der Waals surface area contributed by atoms with Gasteiger partial charge < -0.3 is 5.32 Å². The van der Waals surface area contributed by atoms with E-state index in [2.05, 4.69) is 15.4 Å². The summed E-state index contributed by atoms with van der Waals surface area (Å²) in [6.45, 7) is 2.40. The molecule has 146 valence electrons. The van der Waals surface area contributed by atoms with Gasteiger partial charge in [0.05, 0.1) is 22.7 Å². The molecule has 1 aliphatic rings. The average molecular weight is 399 g/mol. The zero-order valence-electron chi connectivity index (χ0n) is 15.4. The summed E-state index contributed by atoms with van der Waals surface area (Å²) in [5, 5.41) is 7.11. The van der Waals surface area contributed by atoms with Gasteiger partial charge in [0.25, 0.3) is 0 Å². The van der Waals surface area contributed by atoms with E-state index in [4.69, 9.17) is 0 Å². The van der Waals surface area contributed by atoms with Gasteiger partial charge in [0.15, 0.2) is 5.65 Å². The maximum atomic E-state index is 12.8. The van der Waals surface area contributed by atoms with Crippen molar-refractivity contribution in [1.29, 1.82) is 0 Å². The van der Waals surface area contributed by atoms with Gasteiger partial charge in [0.1, 0.15) is 5.82 Å². The van der Waals surface area contributed by atoms with Gasteiger partial charge in [-0.15, -0.1) is 0 Å². The lowest BCUT2D eigenvalue weighted by Gasteiger charge is -2.31. The van der Waals surface area contributed by atoms with Gasteiger partial charge in [-0.25, -0.2) is 17.9 Å². The number of aromatic nitrogens is 3.